The molecule has 1 aromatic carbocycles. The SMILES string of the molecule is C=CC(C)Nc1cnnc2ccccc12. The van der Waals surface area contributed by atoms with Crippen molar-refractivity contribution in [2.75, 3.05) is 5.32 Å². The van der Waals surface area contributed by atoms with Crippen LogP contribution in [0, 0.1) is 0 Å². The number of hydrogen-bond acceptors (Lipinski definition) is 3. The highest BCUT2D eigenvalue weighted by atomic mass is 15.1. The van der Waals surface area contributed by atoms with Crippen molar-refractivity contribution in [2.45, 2.75) is 13.0 Å². The van der Waals surface area contributed by atoms with E-state index in [1.165, 1.54) is 0 Å². The van der Waals surface area contributed by atoms with E-state index in [9.17, 15) is 0 Å². The molecular formula is C12H13N3. The smallest absolute Gasteiger partial charge is 0.0950 e. The molecule has 0 aliphatic carbocycles. The Balaban J connectivity index is 2.46. The molecule has 3 heteroatoms. The zero-order valence-corrected chi connectivity index (χ0v) is 8.64. The van der Waals surface area contributed by atoms with Gasteiger partial charge < -0.3 is 5.32 Å². The van der Waals surface area contributed by atoms with Gasteiger partial charge in [-0.25, -0.2) is 0 Å². The van der Waals surface area contributed by atoms with Crippen LogP contribution in [0.4, 0.5) is 5.69 Å². The van der Waals surface area contributed by atoms with E-state index in [1.807, 2.05) is 37.3 Å². The van der Waals surface area contributed by atoms with E-state index in [1.54, 1.807) is 6.20 Å². The zero-order chi connectivity index (χ0) is 10.7. The summed E-state index contributed by atoms with van der Waals surface area (Å²) in [7, 11) is 0. The second kappa shape index (κ2) is 4.09. The van der Waals surface area contributed by atoms with Gasteiger partial charge in [0.25, 0.3) is 0 Å². The quantitative estimate of drug-likeness (QED) is 0.772. The summed E-state index contributed by atoms with van der Waals surface area (Å²) in [5, 5.41) is 12.4. The van der Waals surface area contributed by atoms with Crippen molar-refractivity contribution in [1.29, 1.82) is 0 Å². The predicted molar refractivity (Wildman–Crippen MR) is 62.8 cm³/mol. The average molecular weight is 199 g/mol. The molecule has 1 atom stereocenters. The van der Waals surface area contributed by atoms with E-state index in [2.05, 4.69) is 22.1 Å². The minimum Gasteiger partial charge on any atom is -0.377 e. The average Bonchev–Trinajstić information content (AvgIpc) is 2.29. The monoisotopic (exact) mass is 199 g/mol. The summed E-state index contributed by atoms with van der Waals surface area (Å²) in [6.45, 7) is 5.78. The lowest BCUT2D eigenvalue weighted by Gasteiger charge is -2.11. The van der Waals surface area contributed by atoms with Crippen LogP contribution in [0.2, 0.25) is 0 Å². The molecule has 1 N–H and O–H groups in total. The Kier molecular flexibility index (Phi) is 2.63. The first-order valence-electron chi connectivity index (χ1n) is 4.91. The first kappa shape index (κ1) is 9.65. The molecule has 0 aliphatic rings. The third-order valence-electron chi connectivity index (χ3n) is 2.28. The maximum absolute atomic E-state index is 4.06. The van der Waals surface area contributed by atoms with Crippen LogP contribution in [0.5, 0.6) is 0 Å². The summed E-state index contributed by atoms with van der Waals surface area (Å²) in [5.41, 5.74) is 1.90. The highest BCUT2D eigenvalue weighted by molar-refractivity contribution is 5.90. The van der Waals surface area contributed by atoms with Crippen molar-refractivity contribution >= 4 is 16.6 Å². The molecule has 2 aromatic rings. The summed E-state index contributed by atoms with van der Waals surface area (Å²) >= 11 is 0. The molecule has 1 heterocycles. The van der Waals surface area contributed by atoms with Crippen molar-refractivity contribution in [1.82, 2.24) is 10.2 Å². The highest BCUT2D eigenvalue weighted by Gasteiger charge is 2.03. The van der Waals surface area contributed by atoms with Crippen molar-refractivity contribution in [2.24, 2.45) is 0 Å². The third kappa shape index (κ3) is 1.96. The molecular weight excluding hydrogens is 186 g/mol. The number of anilines is 1. The van der Waals surface area contributed by atoms with Crippen LogP contribution >= 0.6 is 0 Å². The van der Waals surface area contributed by atoms with Gasteiger partial charge >= 0.3 is 0 Å². The van der Waals surface area contributed by atoms with Crippen LogP contribution in [0.3, 0.4) is 0 Å². The molecule has 0 saturated heterocycles. The van der Waals surface area contributed by atoms with Gasteiger partial charge in [0.05, 0.1) is 17.4 Å². The Morgan fingerprint density at radius 2 is 2.20 bits per heavy atom. The standard InChI is InChI=1S/C12H13N3/c1-3-9(2)14-12-8-13-15-11-7-5-4-6-10(11)12/h3-9H,1H2,2H3,(H,14,15). The minimum absolute atomic E-state index is 0.220. The molecule has 2 rings (SSSR count). The molecule has 76 valence electrons. The Morgan fingerprint density at radius 1 is 1.40 bits per heavy atom. The number of benzene rings is 1. The maximum atomic E-state index is 4.06. The molecule has 0 amide bonds. The largest absolute Gasteiger partial charge is 0.377 e. The van der Waals surface area contributed by atoms with E-state index in [0.717, 1.165) is 16.6 Å². The minimum atomic E-state index is 0.220. The van der Waals surface area contributed by atoms with E-state index >= 15 is 0 Å². The fraction of sp³-hybridized carbons (Fsp3) is 0.167. The summed E-state index contributed by atoms with van der Waals surface area (Å²) < 4.78 is 0. The predicted octanol–water partition coefficient (Wildman–Crippen LogP) is 2.62. The van der Waals surface area contributed by atoms with Gasteiger partial charge in [-0.2, -0.15) is 10.2 Å². The first-order chi connectivity index (χ1) is 7.31. The van der Waals surface area contributed by atoms with Crippen molar-refractivity contribution < 1.29 is 0 Å². The Labute approximate surface area is 88.8 Å². The highest BCUT2D eigenvalue weighted by Crippen LogP contribution is 2.20. The van der Waals surface area contributed by atoms with E-state index in [0.29, 0.717) is 0 Å². The molecule has 0 saturated carbocycles. The number of fused-ring (bicyclic) bond motifs is 1. The van der Waals surface area contributed by atoms with E-state index in [-0.39, 0.29) is 6.04 Å². The van der Waals surface area contributed by atoms with Crippen LogP contribution in [0.1, 0.15) is 6.92 Å². The Morgan fingerprint density at radius 3 is 3.00 bits per heavy atom. The zero-order valence-electron chi connectivity index (χ0n) is 8.64. The molecule has 0 bridgehead atoms. The van der Waals surface area contributed by atoms with Crippen LogP contribution in [0.25, 0.3) is 10.9 Å². The van der Waals surface area contributed by atoms with Gasteiger partial charge in [-0.1, -0.05) is 24.3 Å². The number of rotatable bonds is 3. The maximum Gasteiger partial charge on any atom is 0.0950 e. The molecule has 1 aromatic heterocycles. The van der Waals surface area contributed by atoms with E-state index < -0.39 is 0 Å². The van der Waals surface area contributed by atoms with Crippen LogP contribution in [-0.4, -0.2) is 16.2 Å². The van der Waals surface area contributed by atoms with Crippen molar-refractivity contribution in [3.05, 3.63) is 43.1 Å². The van der Waals surface area contributed by atoms with Gasteiger partial charge in [0.15, 0.2) is 0 Å². The fourth-order valence-corrected chi connectivity index (χ4v) is 1.43. The normalized spacial score (nSPS) is 12.3. The molecule has 15 heavy (non-hydrogen) atoms. The van der Waals surface area contributed by atoms with Gasteiger partial charge in [-0.05, 0) is 13.0 Å². The molecule has 0 spiro atoms. The number of aromatic nitrogens is 2. The van der Waals surface area contributed by atoms with Crippen LogP contribution < -0.4 is 5.32 Å². The molecule has 0 aliphatic heterocycles. The topological polar surface area (TPSA) is 37.8 Å². The molecule has 1 unspecified atom stereocenters. The number of hydrogen-bond donors (Lipinski definition) is 1. The third-order valence-corrected chi connectivity index (χ3v) is 2.28. The number of nitrogens with one attached hydrogen (secondary N) is 1. The lowest BCUT2D eigenvalue weighted by atomic mass is 10.2. The summed E-state index contributed by atoms with van der Waals surface area (Å²) in [6.07, 6.45) is 3.59. The van der Waals surface area contributed by atoms with Gasteiger partial charge in [0.2, 0.25) is 0 Å². The Bertz CT molecular complexity index is 474. The summed E-state index contributed by atoms with van der Waals surface area (Å²) in [4.78, 5) is 0. The van der Waals surface area contributed by atoms with Crippen molar-refractivity contribution in [3.8, 4) is 0 Å². The van der Waals surface area contributed by atoms with Gasteiger partial charge in [0.1, 0.15) is 0 Å². The van der Waals surface area contributed by atoms with Gasteiger partial charge in [-0.3, -0.25) is 0 Å². The fourth-order valence-electron chi connectivity index (χ4n) is 1.43. The summed E-state index contributed by atoms with van der Waals surface area (Å²) in [5.74, 6) is 0. The lowest BCUT2D eigenvalue weighted by molar-refractivity contribution is 0.990. The van der Waals surface area contributed by atoms with Crippen molar-refractivity contribution in [3.63, 3.8) is 0 Å². The number of nitrogens with zero attached hydrogens (tertiary/aromatic N) is 2. The van der Waals surface area contributed by atoms with E-state index in [4.69, 9.17) is 0 Å². The van der Waals surface area contributed by atoms with Gasteiger partial charge in [0, 0.05) is 11.4 Å². The van der Waals surface area contributed by atoms with Gasteiger partial charge in [-0.15, -0.1) is 6.58 Å². The second-order valence-electron chi connectivity index (χ2n) is 3.44. The summed E-state index contributed by atoms with van der Waals surface area (Å²) in [6, 6.07) is 8.15. The lowest BCUT2D eigenvalue weighted by Crippen LogP contribution is -2.11. The molecule has 0 fully saturated rings. The second-order valence-corrected chi connectivity index (χ2v) is 3.44. The van der Waals surface area contributed by atoms with Crippen LogP contribution in [-0.2, 0) is 0 Å². The Hall–Kier alpha value is -1.90. The van der Waals surface area contributed by atoms with Crippen LogP contribution in [0.15, 0.2) is 43.1 Å². The molecule has 3 nitrogen and oxygen atoms in total. The molecule has 0 radical (unpaired) electrons. The first-order valence-corrected chi connectivity index (χ1v) is 4.91.